The third-order valence-corrected chi connectivity index (χ3v) is 5.15. The highest BCUT2D eigenvalue weighted by Gasteiger charge is 2.29. The van der Waals surface area contributed by atoms with Gasteiger partial charge in [-0.05, 0) is 31.0 Å². The van der Waals surface area contributed by atoms with Gasteiger partial charge in [0.15, 0.2) is 0 Å². The molecule has 0 aromatic heterocycles. The molecule has 1 saturated heterocycles. The molecule has 0 amide bonds. The fourth-order valence-corrected chi connectivity index (χ4v) is 4.03. The van der Waals surface area contributed by atoms with Gasteiger partial charge < -0.3 is 5.11 Å². The number of rotatable bonds is 2. The standard InChI is InChI=1S/C11H14BrNO3S/c12-9-3-1-5-11(7-9)17(15,16)13-6-2-4-10(14)8-13/h1,3,5,7,10,14H,2,4,6,8H2/t10-/m1/s1. The zero-order chi connectivity index (χ0) is 12.5. The topological polar surface area (TPSA) is 57.6 Å². The molecule has 0 unspecified atom stereocenters. The number of benzene rings is 1. The number of aliphatic hydroxyl groups excluding tert-OH is 1. The zero-order valence-electron chi connectivity index (χ0n) is 9.21. The third-order valence-electron chi connectivity index (χ3n) is 2.79. The molecule has 1 aliphatic rings. The van der Waals surface area contributed by atoms with Gasteiger partial charge in [0.1, 0.15) is 0 Å². The first-order chi connectivity index (χ1) is 8.00. The van der Waals surface area contributed by atoms with Gasteiger partial charge in [-0.15, -0.1) is 0 Å². The number of nitrogens with zero attached hydrogens (tertiary/aromatic N) is 1. The van der Waals surface area contributed by atoms with Crippen molar-refractivity contribution < 1.29 is 13.5 Å². The van der Waals surface area contributed by atoms with Gasteiger partial charge in [-0.1, -0.05) is 22.0 Å². The molecule has 0 saturated carbocycles. The van der Waals surface area contributed by atoms with E-state index >= 15 is 0 Å². The van der Waals surface area contributed by atoms with Crippen LogP contribution in [-0.2, 0) is 10.0 Å². The van der Waals surface area contributed by atoms with E-state index in [9.17, 15) is 13.5 Å². The lowest BCUT2D eigenvalue weighted by molar-refractivity contribution is 0.108. The van der Waals surface area contributed by atoms with E-state index in [2.05, 4.69) is 15.9 Å². The summed E-state index contributed by atoms with van der Waals surface area (Å²) < 4.78 is 26.6. The predicted octanol–water partition coefficient (Wildman–Crippen LogP) is 1.59. The predicted molar refractivity (Wildman–Crippen MR) is 68.1 cm³/mol. The summed E-state index contributed by atoms with van der Waals surface area (Å²) in [6.07, 6.45) is 0.824. The Balaban J connectivity index is 2.29. The summed E-state index contributed by atoms with van der Waals surface area (Å²) in [7, 11) is -3.47. The summed E-state index contributed by atoms with van der Waals surface area (Å²) >= 11 is 3.26. The molecule has 1 aromatic carbocycles. The fraction of sp³-hybridized carbons (Fsp3) is 0.455. The molecule has 0 bridgehead atoms. The van der Waals surface area contributed by atoms with Crippen molar-refractivity contribution in [2.24, 2.45) is 0 Å². The molecule has 1 fully saturated rings. The maximum atomic E-state index is 12.3. The van der Waals surface area contributed by atoms with Gasteiger partial charge in [0, 0.05) is 17.6 Å². The SMILES string of the molecule is O=S(=O)(c1cccc(Br)c1)N1CCC[C@@H](O)C1. The molecule has 0 aliphatic carbocycles. The highest BCUT2D eigenvalue weighted by molar-refractivity contribution is 9.10. The highest BCUT2D eigenvalue weighted by Crippen LogP contribution is 2.23. The number of β-amino-alcohol motifs (C(OH)–C–C–N with tert-alkyl or cyclic N) is 1. The quantitative estimate of drug-likeness (QED) is 0.900. The largest absolute Gasteiger partial charge is 0.392 e. The van der Waals surface area contributed by atoms with Gasteiger partial charge in [0.2, 0.25) is 10.0 Å². The fourth-order valence-electron chi connectivity index (χ4n) is 1.92. The summed E-state index contributed by atoms with van der Waals surface area (Å²) in [5.41, 5.74) is 0. The molecule has 1 aliphatic heterocycles. The minimum Gasteiger partial charge on any atom is -0.392 e. The van der Waals surface area contributed by atoms with Crippen LogP contribution < -0.4 is 0 Å². The van der Waals surface area contributed by atoms with E-state index in [-0.39, 0.29) is 11.4 Å². The van der Waals surface area contributed by atoms with E-state index in [1.165, 1.54) is 4.31 Å². The van der Waals surface area contributed by atoms with Crippen molar-refractivity contribution in [3.63, 3.8) is 0 Å². The molecule has 2 rings (SSSR count). The van der Waals surface area contributed by atoms with Crippen LogP contribution in [0, 0.1) is 0 Å². The first-order valence-electron chi connectivity index (χ1n) is 5.44. The van der Waals surface area contributed by atoms with Crippen LogP contribution in [-0.4, -0.2) is 37.0 Å². The second kappa shape index (κ2) is 5.06. The number of piperidine rings is 1. The lowest BCUT2D eigenvalue weighted by atomic mass is 10.1. The van der Waals surface area contributed by atoms with E-state index < -0.39 is 16.1 Å². The molecule has 0 spiro atoms. The van der Waals surface area contributed by atoms with Crippen LogP contribution in [0.5, 0.6) is 0 Å². The van der Waals surface area contributed by atoms with Crippen LogP contribution in [0.25, 0.3) is 0 Å². The molecule has 17 heavy (non-hydrogen) atoms. The Bertz CT molecular complexity index is 503. The second-order valence-corrected chi connectivity index (χ2v) is 6.97. The van der Waals surface area contributed by atoms with Crippen molar-refractivity contribution in [2.45, 2.75) is 23.8 Å². The van der Waals surface area contributed by atoms with Crippen molar-refractivity contribution in [3.05, 3.63) is 28.7 Å². The van der Waals surface area contributed by atoms with Crippen LogP contribution in [0.3, 0.4) is 0 Å². The Morgan fingerprint density at radius 1 is 1.41 bits per heavy atom. The first kappa shape index (κ1) is 13.0. The van der Waals surface area contributed by atoms with E-state index in [0.29, 0.717) is 19.4 Å². The van der Waals surface area contributed by atoms with Crippen LogP contribution in [0.4, 0.5) is 0 Å². The maximum absolute atomic E-state index is 12.3. The van der Waals surface area contributed by atoms with Gasteiger partial charge in [0.05, 0.1) is 11.0 Å². The van der Waals surface area contributed by atoms with E-state index in [0.717, 1.165) is 4.47 Å². The van der Waals surface area contributed by atoms with Crippen LogP contribution in [0.15, 0.2) is 33.6 Å². The Morgan fingerprint density at radius 2 is 2.18 bits per heavy atom. The maximum Gasteiger partial charge on any atom is 0.243 e. The smallest absolute Gasteiger partial charge is 0.243 e. The Morgan fingerprint density at radius 3 is 2.82 bits per heavy atom. The highest BCUT2D eigenvalue weighted by atomic mass is 79.9. The average molecular weight is 320 g/mol. The number of hydrogen-bond donors (Lipinski definition) is 1. The van der Waals surface area contributed by atoms with Gasteiger partial charge in [-0.25, -0.2) is 8.42 Å². The second-order valence-electron chi connectivity index (χ2n) is 4.12. The molecule has 1 heterocycles. The molecule has 6 heteroatoms. The number of aliphatic hydroxyl groups is 1. The van der Waals surface area contributed by atoms with Crippen molar-refractivity contribution in [1.82, 2.24) is 4.31 Å². The van der Waals surface area contributed by atoms with Crippen molar-refractivity contribution in [2.75, 3.05) is 13.1 Å². The average Bonchev–Trinajstić information content (AvgIpc) is 2.29. The lowest BCUT2D eigenvalue weighted by Gasteiger charge is -2.29. The third kappa shape index (κ3) is 2.88. The molecule has 94 valence electrons. The van der Waals surface area contributed by atoms with E-state index in [4.69, 9.17) is 0 Å². The molecular formula is C11H14BrNO3S. The van der Waals surface area contributed by atoms with Gasteiger partial charge in [-0.3, -0.25) is 0 Å². The molecule has 1 aromatic rings. The molecule has 1 atom stereocenters. The van der Waals surface area contributed by atoms with Crippen LogP contribution in [0.2, 0.25) is 0 Å². The van der Waals surface area contributed by atoms with Gasteiger partial charge in [-0.2, -0.15) is 4.31 Å². The first-order valence-corrected chi connectivity index (χ1v) is 7.67. The minimum atomic E-state index is -3.47. The van der Waals surface area contributed by atoms with Crippen LogP contribution in [0.1, 0.15) is 12.8 Å². The Hall–Kier alpha value is -0.430. The Labute approximate surface area is 109 Å². The van der Waals surface area contributed by atoms with E-state index in [1.54, 1.807) is 24.3 Å². The monoisotopic (exact) mass is 319 g/mol. The van der Waals surface area contributed by atoms with Crippen molar-refractivity contribution >= 4 is 26.0 Å². The minimum absolute atomic E-state index is 0.189. The molecule has 0 radical (unpaired) electrons. The lowest BCUT2D eigenvalue weighted by Crippen LogP contribution is -2.42. The van der Waals surface area contributed by atoms with Crippen molar-refractivity contribution in [3.8, 4) is 0 Å². The summed E-state index contributed by atoms with van der Waals surface area (Å²) in [5.74, 6) is 0. The zero-order valence-corrected chi connectivity index (χ0v) is 11.6. The van der Waals surface area contributed by atoms with Gasteiger partial charge in [0.25, 0.3) is 0 Å². The van der Waals surface area contributed by atoms with Crippen LogP contribution >= 0.6 is 15.9 Å². The number of hydrogen-bond acceptors (Lipinski definition) is 3. The van der Waals surface area contributed by atoms with Gasteiger partial charge >= 0.3 is 0 Å². The molecule has 1 N–H and O–H groups in total. The van der Waals surface area contributed by atoms with Crippen molar-refractivity contribution in [1.29, 1.82) is 0 Å². The normalized spacial score (nSPS) is 22.6. The summed E-state index contributed by atoms with van der Waals surface area (Å²) in [4.78, 5) is 0.265. The van der Waals surface area contributed by atoms with E-state index in [1.807, 2.05) is 0 Å². The Kier molecular flexibility index (Phi) is 3.87. The number of halogens is 1. The summed E-state index contributed by atoms with van der Waals surface area (Å²) in [5, 5.41) is 9.53. The number of sulfonamides is 1. The summed E-state index contributed by atoms with van der Waals surface area (Å²) in [6, 6.07) is 6.62. The molecule has 4 nitrogen and oxygen atoms in total. The summed E-state index contributed by atoms with van der Waals surface area (Å²) in [6.45, 7) is 0.667. The molecular weight excluding hydrogens is 306 g/mol.